The average Bonchev–Trinajstić information content (AvgIpc) is 3.42. The molecule has 0 aliphatic carbocycles. The number of fused-ring (bicyclic) bond motifs is 2. The van der Waals surface area contributed by atoms with Gasteiger partial charge in [0.2, 0.25) is 18.6 Å². The van der Waals surface area contributed by atoms with Gasteiger partial charge in [0, 0.05) is 26.2 Å². The Morgan fingerprint density at radius 1 is 1.19 bits per heavy atom. The van der Waals surface area contributed by atoms with E-state index < -0.39 is 0 Å². The van der Waals surface area contributed by atoms with Crippen LogP contribution in [0.25, 0.3) is 11.0 Å². The van der Waals surface area contributed by atoms with Crippen LogP contribution in [0.1, 0.15) is 32.3 Å². The molecule has 5 rings (SSSR count). The lowest BCUT2D eigenvalue weighted by Gasteiger charge is -2.33. The van der Waals surface area contributed by atoms with Crippen molar-refractivity contribution in [2.45, 2.75) is 39.8 Å². The maximum Gasteiger partial charge on any atom is 0.231 e. The van der Waals surface area contributed by atoms with Gasteiger partial charge in [0.15, 0.2) is 11.5 Å². The second-order valence-corrected chi connectivity index (χ2v) is 9.10. The molecule has 2 aliphatic heterocycles. The second kappa shape index (κ2) is 8.73. The van der Waals surface area contributed by atoms with Gasteiger partial charge in [-0.15, -0.1) is 0 Å². The van der Waals surface area contributed by atoms with E-state index in [-0.39, 0.29) is 18.6 Å². The van der Waals surface area contributed by atoms with Gasteiger partial charge < -0.3 is 24.3 Å². The van der Waals surface area contributed by atoms with Crippen molar-refractivity contribution in [3.8, 4) is 11.5 Å². The molecule has 1 saturated heterocycles. The number of carbonyl (C=O) groups is 1. The van der Waals surface area contributed by atoms with Crippen molar-refractivity contribution in [2.75, 3.05) is 24.8 Å². The number of aromatic nitrogens is 2. The van der Waals surface area contributed by atoms with Crippen LogP contribution < -0.4 is 19.7 Å². The lowest BCUT2D eigenvalue weighted by Crippen LogP contribution is -2.44. The van der Waals surface area contributed by atoms with Gasteiger partial charge in [0.25, 0.3) is 0 Å². The van der Waals surface area contributed by atoms with Crippen LogP contribution in [0.15, 0.2) is 42.5 Å². The molecule has 0 spiro atoms. The topological polar surface area (TPSA) is 68.6 Å². The molecule has 3 aromatic rings. The first-order valence-corrected chi connectivity index (χ1v) is 11.4. The van der Waals surface area contributed by atoms with Crippen LogP contribution in [0.4, 0.5) is 5.95 Å². The smallest absolute Gasteiger partial charge is 0.231 e. The lowest BCUT2D eigenvalue weighted by atomic mass is 9.97. The first kappa shape index (κ1) is 20.7. The Hall–Kier alpha value is -3.22. The summed E-state index contributed by atoms with van der Waals surface area (Å²) in [4.78, 5) is 20.2. The highest BCUT2D eigenvalue weighted by Gasteiger charge is 2.29. The SMILES string of the molecule is CC(C)Cn1c(N2CCCC(C(=O)NCc3ccc4c(c3)OCO4)C2)nc2ccccc21. The number of nitrogens with zero attached hydrogens (tertiary/aromatic N) is 3. The van der Waals surface area contributed by atoms with E-state index in [1.54, 1.807) is 0 Å². The second-order valence-electron chi connectivity index (χ2n) is 9.10. The maximum atomic E-state index is 13.0. The number of imidazole rings is 1. The summed E-state index contributed by atoms with van der Waals surface area (Å²) in [5.41, 5.74) is 3.18. The molecule has 1 unspecified atom stereocenters. The molecule has 0 saturated carbocycles. The zero-order valence-electron chi connectivity index (χ0n) is 18.7. The number of anilines is 1. The van der Waals surface area contributed by atoms with Crippen molar-refractivity contribution >= 4 is 22.9 Å². The van der Waals surface area contributed by atoms with E-state index in [0.29, 0.717) is 19.0 Å². The molecule has 1 atom stereocenters. The molecule has 1 fully saturated rings. The molecule has 3 heterocycles. The molecule has 7 nitrogen and oxygen atoms in total. The number of benzene rings is 2. The van der Waals surface area contributed by atoms with Crippen LogP contribution in [0.5, 0.6) is 11.5 Å². The highest BCUT2D eigenvalue weighted by atomic mass is 16.7. The summed E-state index contributed by atoms with van der Waals surface area (Å²) in [7, 11) is 0. The molecule has 32 heavy (non-hydrogen) atoms. The summed E-state index contributed by atoms with van der Waals surface area (Å²) in [6.07, 6.45) is 1.88. The van der Waals surface area contributed by atoms with Crippen molar-refractivity contribution < 1.29 is 14.3 Å². The maximum absolute atomic E-state index is 13.0. The third-order valence-electron chi connectivity index (χ3n) is 6.16. The standard InChI is InChI=1S/C25H30N4O3/c1-17(2)14-29-21-8-4-3-7-20(21)27-25(29)28-11-5-6-19(15-28)24(30)26-13-18-9-10-22-23(12-18)32-16-31-22/h3-4,7-10,12,17,19H,5-6,11,13-16H2,1-2H3,(H,26,30). The van der Waals surface area contributed by atoms with Gasteiger partial charge in [-0.2, -0.15) is 0 Å². The number of para-hydroxylation sites is 2. The van der Waals surface area contributed by atoms with Gasteiger partial charge in [-0.1, -0.05) is 32.0 Å². The van der Waals surface area contributed by atoms with Crippen LogP contribution >= 0.6 is 0 Å². The Balaban J connectivity index is 1.28. The molecule has 1 amide bonds. The van der Waals surface area contributed by atoms with Crippen LogP contribution in [-0.2, 0) is 17.9 Å². The zero-order valence-corrected chi connectivity index (χ0v) is 18.7. The molecule has 7 heteroatoms. The highest BCUT2D eigenvalue weighted by Crippen LogP contribution is 2.32. The van der Waals surface area contributed by atoms with Gasteiger partial charge in [-0.05, 0) is 48.6 Å². The number of piperidine rings is 1. The summed E-state index contributed by atoms with van der Waals surface area (Å²) < 4.78 is 13.1. The molecule has 0 bridgehead atoms. The number of amides is 1. The van der Waals surface area contributed by atoms with Crippen LogP contribution in [0.2, 0.25) is 0 Å². The fraction of sp³-hybridized carbons (Fsp3) is 0.440. The average molecular weight is 435 g/mol. The van der Waals surface area contributed by atoms with E-state index in [1.807, 2.05) is 24.3 Å². The summed E-state index contributed by atoms with van der Waals surface area (Å²) >= 11 is 0. The molecule has 2 aromatic carbocycles. The Bertz CT molecular complexity index is 1120. The first-order chi connectivity index (χ1) is 15.6. The summed E-state index contributed by atoms with van der Waals surface area (Å²) in [5, 5.41) is 3.12. The number of nitrogens with one attached hydrogen (secondary N) is 1. The van der Waals surface area contributed by atoms with Crippen molar-refractivity contribution in [1.82, 2.24) is 14.9 Å². The summed E-state index contributed by atoms with van der Waals surface area (Å²) in [5.74, 6) is 3.03. The minimum absolute atomic E-state index is 0.0509. The first-order valence-electron chi connectivity index (χ1n) is 11.4. The quantitative estimate of drug-likeness (QED) is 0.636. The fourth-order valence-corrected chi connectivity index (χ4v) is 4.61. The highest BCUT2D eigenvalue weighted by molar-refractivity contribution is 5.81. The number of hydrogen-bond acceptors (Lipinski definition) is 5. The molecule has 168 valence electrons. The Labute approximate surface area is 188 Å². The van der Waals surface area contributed by atoms with E-state index in [4.69, 9.17) is 14.5 Å². The predicted molar refractivity (Wildman–Crippen MR) is 124 cm³/mol. The van der Waals surface area contributed by atoms with Gasteiger partial charge in [0.1, 0.15) is 0 Å². The van der Waals surface area contributed by atoms with Crippen LogP contribution in [0, 0.1) is 11.8 Å². The zero-order chi connectivity index (χ0) is 22.1. The Morgan fingerprint density at radius 2 is 2.03 bits per heavy atom. The molecule has 1 aromatic heterocycles. The Morgan fingerprint density at radius 3 is 2.91 bits per heavy atom. The summed E-state index contributed by atoms with van der Waals surface area (Å²) in [6, 6.07) is 14.1. The third kappa shape index (κ3) is 4.11. The largest absolute Gasteiger partial charge is 0.454 e. The van der Waals surface area contributed by atoms with Crippen LogP contribution in [0.3, 0.4) is 0 Å². The van der Waals surface area contributed by atoms with Crippen molar-refractivity contribution in [2.24, 2.45) is 11.8 Å². The number of carbonyl (C=O) groups excluding carboxylic acids is 1. The Kier molecular flexibility index (Phi) is 5.64. The molecule has 1 N–H and O–H groups in total. The van der Waals surface area contributed by atoms with E-state index in [1.165, 1.54) is 0 Å². The van der Waals surface area contributed by atoms with Crippen molar-refractivity contribution in [1.29, 1.82) is 0 Å². The van der Waals surface area contributed by atoms with Crippen LogP contribution in [-0.4, -0.2) is 35.3 Å². The van der Waals surface area contributed by atoms with Gasteiger partial charge in [0.05, 0.1) is 17.0 Å². The van der Waals surface area contributed by atoms with Crippen molar-refractivity contribution in [3.05, 3.63) is 48.0 Å². The van der Waals surface area contributed by atoms with E-state index in [0.717, 1.165) is 60.0 Å². The van der Waals surface area contributed by atoms with E-state index >= 15 is 0 Å². The van der Waals surface area contributed by atoms with Gasteiger partial charge >= 0.3 is 0 Å². The lowest BCUT2D eigenvalue weighted by molar-refractivity contribution is -0.125. The van der Waals surface area contributed by atoms with Crippen molar-refractivity contribution in [3.63, 3.8) is 0 Å². The third-order valence-corrected chi connectivity index (χ3v) is 6.16. The van der Waals surface area contributed by atoms with Gasteiger partial charge in [-0.3, -0.25) is 4.79 Å². The molecular formula is C25H30N4O3. The van der Waals surface area contributed by atoms with Gasteiger partial charge in [-0.25, -0.2) is 4.98 Å². The minimum Gasteiger partial charge on any atom is -0.454 e. The monoisotopic (exact) mass is 434 g/mol. The molecule has 2 aliphatic rings. The normalized spacial score (nSPS) is 17.8. The predicted octanol–water partition coefficient (Wildman–Crippen LogP) is 3.95. The summed E-state index contributed by atoms with van der Waals surface area (Å²) in [6.45, 7) is 7.71. The minimum atomic E-state index is -0.0509. The number of ether oxygens (including phenoxy) is 2. The fourth-order valence-electron chi connectivity index (χ4n) is 4.61. The molecule has 0 radical (unpaired) electrons. The molecular weight excluding hydrogens is 404 g/mol. The number of hydrogen-bond donors (Lipinski definition) is 1. The number of rotatable bonds is 6. The van der Waals surface area contributed by atoms with E-state index in [2.05, 4.69) is 46.8 Å². The van der Waals surface area contributed by atoms with E-state index in [9.17, 15) is 4.79 Å².